The van der Waals surface area contributed by atoms with E-state index in [2.05, 4.69) is 10.1 Å². The Morgan fingerprint density at radius 3 is 2.85 bits per heavy atom. The molecule has 0 saturated carbocycles. The summed E-state index contributed by atoms with van der Waals surface area (Å²) in [6, 6.07) is 7.74. The maximum Gasteiger partial charge on any atom is 0.179 e. The number of aromatic nitrogens is 2. The molecule has 6 heteroatoms. The molecule has 3 rings (SSSR count). The number of hydrogen-bond donors (Lipinski definition) is 1. The van der Waals surface area contributed by atoms with E-state index >= 15 is 0 Å². The van der Waals surface area contributed by atoms with Gasteiger partial charge in [-0.05, 0) is 24.3 Å². The van der Waals surface area contributed by atoms with Crippen LogP contribution in [0, 0.1) is 5.82 Å². The van der Waals surface area contributed by atoms with Crippen LogP contribution in [0.25, 0.3) is 22.5 Å². The molecule has 2 heterocycles. The summed E-state index contributed by atoms with van der Waals surface area (Å²) >= 11 is 5.90. The van der Waals surface area contributed by atoms with Crippen molar-refractivity contribution in [1.82, 2.24) is 10.1 Å². The molecule has 0 amide bonds. The molecule has 0 bridgehead atoms. The van der Waals surface area contributed by atoms with Gasteiger partial charge in [-0.1, -0.05) is 22.8 Å². The van der Waals surface area contributed by atoms with E-state index in [-0.39, 0.29) is 17.1 Å². The number of anilines is 1. The molecular weight excluding hydrogens is 281 g/mol. The van der Waals surface area contributed by atoms with Crippen molar-refractivity contribution in [2.24, 2.45) is 0 Å². The van der Waals surface area contributed by atoms with Crippen LogP contribution < -0.4 is 5.73 Å². The number of halogens is 2. The maximum absolute atomic E-state index is 14.0. The molecule has 1 aromatic carbocycles. The van der Waals surface area contributed by atoms with Gasteiger partial charge in [0.25, 0.3) is 0 Å². The summed E-state index contributed by atoms with van der Waals surface area (Å²) in [5.41, 5.74) is 7.21. The van der Waals surface area contributed by atoms with E-state index in [0.717, 1.165) is 0 Å². The van der Waals surface area contributed by atoms with Gasteiger partial charge in [0.15, 0.2) is 11.6 Å². The smallest absolute Gasteiger partial charge is 0.179 e. The predicted molar refractivity (Wildman–Crippen MR) is 74.6 cm³/mol. The molecule has 0 spiro atoms. The van der Waals surface area contributed by atoms with E-state index in [1.807, 2.05) is 0 Å². The third-order valence-corrected chi connectivity index (χ3v) is 3.08. The summed E-state index contributed by atoms with van der Waals surface area (Å²) in [5.74, 6) is -0.0569. The number of rotatable bonds is 2. The van der Waals surface area contributed by atoms with Gasteiger partial charge >= 0.3 is 0 Å². The van der Waals surface area contributed by atoms with E-state index in [9.17, 15) is 4.39 Å². The molecular formula is C14H9ClFN3O. The van der Waals surface area contributed by atoms with Crippen molar-refractivity contribution >= 4 is 17.4 Å². The van der Waals surface area contributed by atoms with Crippen LogP contribution in [0.1, 0.15) is 0 Å². The Labute approximate surface area is 119 Å². The normalized spacial score (nSPS) is 10.7. The number of nitrogens with zero attached hydrogens (tertiary/aromatic N) is 2. The molecule has 4 nitrogen and oxygen atoms in total. The van der Waals surface area contributed by atoms with Crippen molar-refractivity contribution in [3.8, 4) is 22.5 Å². The first-order valence-electron chi connectivity index (χ1n) is 5.78. The fourth-order valence-corrected chi connectivity index (χ4v) is 2.12. The van der Waals surface area contributed by atoms with Crippen molar-refractivity contribution in [3.63, 3.8) is 0 Å². The Morgan fingerprint density at radius 2 is 2.10 bits per heavy atom. The van der Waals surface area contributed by atoms with Crippen LogP contribution in [0.4, 0.5) is 10.2 Å². The van der Waals surface area contributed by atoms with Gasteiger partial charge in [-0.15, -0.1) is 0 Å². The standard InChI is InChI=1S/C14H9ClFN3O/c15-9-3-4-11(16)10(6-9)13-12(14(17)19-20-13)8-2-1-5-18-7-8/h1-7H,(H2,17,19). The minimum Gasteiger partial charge on any atom is -0.380 e. The molecule has 2 N–H and O–H groups in total. The Bertz CT molecular complexity index is 758. The SMILES string of the molecule is Nc1noc(-c2cc(Cl)ccc2F)c1-c1cccnc1. The van der Waals surface area contributed by atoms with Crippen molar-refractivity contribution in [2.75, 3.05) is 5.73 Å². The van der Waals surface area contributed by atoms with Gasteiger partial charge in [-0.25, -0.2) is 4.39 Å². The van der Waals surface area contributed by atoms with Crippen LogP contribution in [-0.4, -0.2) is 10.1 Å². The molecule has 0 aliphatic rings. The highest BCUT2D eigenvalue weighted by Gasteiger charge is 2.20. The fraction of sp³-hybridized carbons (Fsp3) is 0. The van der Waals surface area contributed by atoms with Gasteiger partial charge in [0, 0.05) is 23.0 Å². The second-order valence-corrected chi connectivity index (χ2v) is 4.57. The molecule has 0 aliphatic heterocycles. The van der Waals surface area contributed by atoms with E-state index in [1.165, 1.54) is 18.2 Å². The lowest BCUT2D eigenvalue weighted by atomic mass is 10.0. The number of nitrogen functional groups attached to an aromatic ring is 1. The minimum atomic E-state index is -0.462. The van der Waals surface area contributed by atoms with Crippen molar-refractivity contribution in [1.29, 1.82) is 0 Å². The monoisotopic (exact) mass is 289 g/mol. The average Bonchev–Trinajstić information content (AvgIpc) is 2.84. The van der Waals surface area contributed by atoms with Crippen LogP contribution >= 0.6 is 11.6 Å². The van der Waals surface area contributed by atoms with Crippen LogP contribution in [0.15, 0.2) is 47.2 Å². The second kappa shape index (κ2) is 4.94. The van der Waals surface area contributed by atoms with Crippen molar-refractivity contribution in [2.45, 2.75) is 0 Å². The molecule has 2 aromatic heterocycles. The van der Waals surface area contributed by atoms with Gasteiger partial charge in [0.1, 0.15) is 5.82 Å². The molecule has 20 heavy (non-hydrogen) atoms. The van der Waals surface area contributed by atoms with Gasteiger partial charge in [0.05, 0.1) is 11.1 Å². The predicted octanol–water partition coefficient (Wildman–Crippen LogP) is 3.78. The molecule has 0 unspecified atom stereocenters. The summed E-state index contributed by atoms with van der Waals surface area (Å²) in [7, 11) is 0. The topological polar surface area (TPSA) is 64.9 Å². The molecule has 0 aliphatic carbocycles. The van der Waals surface area contributed by atoms with Gasteiger partial charge < -0.3 is 10.3 Å². The summed E-state index contributed by atoms with van der Waals surface area (Å²) in [4.78, 5) is 4.01. The molecule has 3 aromatic rings. The zero-order valence-corrected chi connectivity index (χ0v) is 10.9. The first kappa shape index (κ1) is 12.6. The molecule has 0 radical (unpaired) electrons. The van der Waals surface area contributed by atoms with E-state index in [0.29, 0.717) is 16.1 Å². The fourth-order valence-electron chi connectivity index (χ4n) is 1.95. The average molecular weight is 290 g/mol. The quantitative estimate of drug-likeness (QED) is 0.780. The summed E-state index contributed by atoms with van der Waals surface area (Å²) in [6.07, 6.45) is 3.24. The molecule has 0 fully saturated rings. The lowest BCUT2D eigenvalue weighted by Gasteiger charge is -2.04. The Balaban J connectivity index is 2.24. The maximum atomic E-state index is 14.0. The van der Waals surface area contributed by atoms with Crippen LogP contribution in [0.2, 0.25) is 5.02 Å². The molecule has 100 valence electrons. The van der Waals surface area contributed by atoms with E-state index < -0.39 is 5.82 Å². The highest BCUT2D eigenvalue weighted by molar-refractivity contribution is 6.30. The number of hydrogen-bond acceptors (Lipinski definition) is 4. The lowest BCUT2D eigenvalue weighted by molar-refractivity contribution is 0.433. The van der Waals surface area contributed by atoms with E-state index in [4.69, 9.17) is 21.9 Å². The summed E-state index contributed by atoms with van der Waals surface area (Å²) in [6.45, 7) is 0. The van der Waals surface area contributed by atoms with Gasteiger partial charge in [0.2, 0.25) is 0 Å². The zero-order chi connectivity index (χ0) is 14.1. The Kier molecular flexibility index (Phi) is 3.12. The van der Waals surface area contributed by atoms with E-state index in [1.54, 1.807) is 24.5 Å². The number of nitrogens with two attached hydrogens (primary N) is 1. The lowest BCUT2D eigenvalue weighted by Crippen LogP contribution is -1.90. The van der Waals surface area contributed by atoms with Crippen molar-refractivity contribution < 1.29 is 8.91 Å². The zero-order valence-electron chi connectivity index (χ0n) is 10.2. The Morgan fingerprint density at radius 1 is 1.25 bits per heavy atom. The second-order valence-electron chi connectivity index (χ2n) is 4.14. The third-order valence-electron chi connectivity index (χ3n) is 2.84. The molecule has 0 saturated heterocycles. The minimum absolute atomic E-state index is 0.173. The number of benzene rings is 1. The Hall–Kier alpha value is -2.40. The first-order chi connectivity index (χ1) is 9.66. The van der Waals surface area contributed by atoms with Gasteiger partial charge in [-0.3, -0.25) is 4.98 Å². The van der Waals surface area contributed by atoms with Gasteiger partial charge in [-0.2, -0.15) is 0 Å². The van der Waals surface area contributed by atoms with Crippen LogP contribution in [-0.2, 0) is 0 Å². The summed E-state index contributed by atoms with van der Waals surface area (Å²) in [5, 5.41) is 4.10. The summed E-state index contributed by atoms with van der Waals surface area (Å²) < 4.78 is 19.1. The first-order valence-corrected chi connectivity index (χ1v) is 6.15. The van der Waals surface area contributed by atoms with Crippen LogP contribution in [0.3, 0.4) is 0 Å². The highest BCUT2D eigenvalue weighted by atomic mass is 35.5. The van der Waals surface area contributed by atoms with Crippen molar-refractivity contribution in [3.05, 3.63) is 53.6 Å². The highest BCUT2D eigenvalue weighted by Crippen LogP contribution is 2.38. The molecule has 0 atom stereocenters. The third kappa shape index (κ3) is 2.12. The van der Waals surface area contributed by atoms with Crippen LogP contribution in [0.5, 0.6) is 0 Å². The number of pyridine rings is 1. The largest absolute Gasteiger partial charge is 0.380 e.